The molecule has 0 spiro atoms. The highest BCUT2D eigenvalue weighted by molar-refractivity contribution is 5.81. The lowest BCUT2D eigenvalue weighted by atomic mass is 9.82. The molecule has 3 heteroatoms. The van der Waals surface area contributed by atoms with E-state index in [1.807, 2.05) is 4.90 Å². The first kappa shape index (κ1) is 11.5. The molecule has 2 N–H and O–H groups in total. The Hall–Kier alpha value is -0.570. The Morgan fingerprint density at radius 3 is 2.43 bits per heavy atom. The van der Waals surface area contributed by atoms with Gasteiger partial charge in [-0.1, -0.05) is 13.8 Å². The second-order valence-electron chi connectivity index (χ2n) is 4.51. The van der Waals surface area contributed by atoms with Gasteiger partial charge in [-0.05, 0) is 31.6 Å². The molecule has 0 aromatic heterocycles. The summed E-state index contributed by atoms with van der Waals surface area (Å²) in [6, 6.07) is -0.348. The van der Waals surface area contributed by atoms with Crippen molar-refractivity contribution in [3.63, 3.8) is 0 Å². The molecule has 1 fully saturated rings. The maximum absolute atomic E-state index is 11.7. The molecule has 1 rings (SSSR count). The molecule has 0 bridgehead atoms. The minimum atomic E-state index is -0.348. The smallest absolute Gasteiger partial charge is 0.239 e. The fourth-order valence-electron chi connectivity index (χ4n) is 2.24. The van der Waals surface area contributed by atoms with Crippen LogP contribution in [0.1, 0.15) is 40.0 Å². The monoisotopic (exact) mass is 198 g/mol. The largest absolute Gasteiger partial charge is 0.341 e. The van der Waals surface area contributed by atoms with Gasteiger partial charge >= 0.3 is 0 Å². The van der Waals surface area contributed by atoms with E-state index in [1.165, 1.54) is 0 Å². The summed E-state index contributed by atoms with van der Waals surface area (Å²) in [5, 5.41) is 0. The van der Waals surface area contributed by atoms with Gasteiger partial charge in [-0.3, -0.25) is 4.79 Å². The molecule has 0 aliphatic carbocycles. The summed E-state index contributed by atoms with van der Waals surface area (Å²) < 4.78 is 0. The number of carbonyl (C=O) groups excluding carboxylic acids is 1. The van der Waals surface area contributed by atoms with E-state index >= 15 is 0 Å². The van der Waals surface area contributed by atoms with E-state index in [0.29, 0.717) is 5.41 Å². The van der Waals surface area contributed by atoms with Crippen LogP contribution in [0.5, 0.6) is 0 Å². The van der Waals surface area contributed by atoms with Gasteiger partial charge < -0.3 is 10.6 Å². The number of hydrogen-bond donors (Lipinski definition) is 1. The third-order valence-electron chi connectivity index (χ3n) is 3.64. The van der Waals surface area contributed by atoms with E-state index in [1.54, 1.807) is 6.92 Å². The molecule has 3 nitrogen and oxygen atoms in total. The molecular formula is C11H22N2O. The molecule has 1 heterocycles. The van der Waals surface area contributed by atoms with Gasteiger partial charge in [-0.25, -0.2) is 0 Å². The van der Waals surface area contributed by atoms with E-state index in [2.05, 4.69) is 13.8 Å². The van der Waals surface area contributed by atoms with Crippen molar-refractivity contribution >= 4 is 5.91 Å². The zero-order valence-electron chi connectivity index (χ0n) is 9.55. The van der Waals surface area contributed by atoms with Crippen LogP contribution in [-0.4, -0.2) is 29.9 Å². The maximum Gasteiger partial charge on any atom is 0.239 e. The summed E-state index contributed by atoms with van der Waals surface area (Å²) in [6.45, 7) is 7.98. The van der Waals surface area contributed by atoms with Crippen LogP contribution in [0.4, 0.5) is 0 Å². The molecule has 0 aromatic rings. The summed E-state index contributed by atoms with van der Waals surface area (Å²) in [5.41, 5.74) is 5.96. The van der Waals surface area contributed by atoms with Crippen molar-refractivity contribution in [1.29, 1.82) is 0 Å². The highest BCUT2D eigenvalue weighted by Crippen LogP contribution is 2.36. The van der Waals surface area contributed by atoms with Gasteiger partial charge in [0.15, 0.2) is 0 Å². The summed E-state index contributed by atoms with van der Waals surface area (Å²) >= 11 is 0. The van der Waals surface area contributed by atoms with Gasteiger partial charge in [-0.15, -0.1) is 0 Å². The third-order valence-corrected chi connectivity index (χ3v) is 3.64. The Bertz CT molecular complexity index is 209. The number of nitrogens with zero attached hydrogens (tertiary/aromatic N) is 1. The van der Waals surface area contributed by atoms with Crippen LogP contribution in [0.25, 0.3) is 0 Å². The predicted molar refractivity (Wildman–Crippen MR) is 57.9 cm³/mol. The standard InChI is InChI=1S/C11H22N2O/c1-4-11(5-2)6-7-13(8-11)10(14)9(3)12/h9H,4-8,12H2,1-3H3/t9-/m0/s1. The molecule has 0 radical (unpaired) electrons. The lowest BCUT2D eigenvalue weighted by molar-refractivity contribution is -0.131. The maximum atomic E-state index is 11.7. The zero-order chi connectivity index (χ0) is 10.8. The number of rotatable bonds is 3. The summed E-state index contributed by atoms with van der Waals surface area (Å²) in [7, 11) is 0. The second kappa shape index (κ2) is 4.30. The summed E-state index contributed by atoms with van der Waals surface area (Å²) in [5.74, 6) is 0.105. The molecule has 1 amide bonds. The number of nitrogens with two attached hydrogens (primary N) is 1. The SMILES string of the molecule is CCC1(CC)CCN(C(=O)[C@H](C)N)C1. The van der Waals surface area contributed by atoms with E-state index in [-0.39, 0.29) is 11.9 Å². The first-order valence-electron chi connectivity index (χ1n) is 5.59. The third kappa shape index (κ3) is 2.08. The Kier molecular flexibility index (Phi) is 3.53. The van der Waals surface area contributed by atoms with Crippen molar-refractivity contribution in [1.82, 2.24) is 4.90 Å². The Labute approximate surface area is 86.6 Å². The quantitative estimate of drug-likeness (QED) is 0.744. The van der Waals surface area contributed by atoms with Crippen LogP contribution in [0, 0.1) is 5.41 Å². The average molecular weight is 198 g/mol. The first-order valence-corrected chi connectivity index (χ1v) is 5.59. The van der Waals surface area contributed by atoms with Gasteiger partial charge in [0.25, 0.3) is 0 Å². The zero-order valence-corrected chi connectivity index (χ0v) is 9.55. The van der Waals surface area contributed by atoms with Crippen LogP contribution in [0.3, 0.4) is 0 Å². The van der Waals surface area contributed by atoms with Crippen molar-refractivity contribution < 1.29 is 4.79 Å². The minimum Gasteiger partial charge on any atom is -0.341 e. The lowest BCUT2D eigenvalue weighted by Crippen LogP contribution is -2.41. The van der Waals surface area contributed by atoms with Crippen molar-refractivity contribution in [2.24, 2.45) is 11.1 Å². The molecule has 0 saturated carbocycles. The number of likely N-dealkylation sites (tertiary alicyclic amines) is 1. The van der Waals surface area contributed by atoms with E-state index in [0.717, 1.165) is 32.4 Å². The highest BCUT2D eigenvalue weighted by atomic mass is 16.2. The molecular weight excluding hydrogens is 176 g/mol. The Balaban J connectivity index is 2.60. The van der Waals surface area contributed by atoms with Crippen LogP contribution < -0.4 is 5.73 Å². The van der Waals surface area contributed by atoms with Gasteiger partial charge in [-0.2, -0.15) is 0 Å². The van der Waals surface area contributed by atoms with Gasteiger partial charge in [0.1, 0.15) is 0 Å². The molecule has 14 heavy (non-hydrogen) atoms. The summed E-state index contributed by atoms with van der Waals surface area (Å²) in [6.07, 6.45) is 3.46. The summed E-state index contributed by atoms with van der Waals surface area (Å²) in [4.78, 5) is 13.6. The Morgan fingerprint density at radius 2 is 2.07 bits per heavy atom. The number of carbonyl (C=O) groups is 1. The van der Waals surface area contributed by atoms with Crippen LogP contribution in [0.15, 0.2) is 0 Å². The predicted octanol–water partition coefficient (Wildman–Crippen LogP) is 1.37. The van der Waals surface area contributed by atoms with Gasteiger partial charge in [0.2, 0.25) is 5.91 Å². The number of amides is 1. The average Bonchev–Trinajstić information content (AvgIpc) is 2.61. The molecule has 1 saturated heterocycles. The van der Waals surface area contributed by atoms with E-state index in [9.17, 15) is 4.79 Å². The van der Waals surface area contributed by atoms with Crippen LogP contribution in [0.2, 0.25) is 0 Å². The topological polar surface area (TPSA) is 46.3 Å². The molecule has 1 aliphatic rings. The molecule has 1 atom stereocenters. The Morgan fingerprint density at radius 1 is 1.50 bits per heavy atom. The minimum absolute atomic E-state index is 0.105. The van der Waals surface area contributed by atoms with Gasteiger partial charge in [0.05, 0.1) is 6.04 Å². The van der Waals surface area contributed by atoms with Gasteiger partial charge in [0, 0.05) is 13.1 Å². The van der Waals surface area contributed by atoms with Crippen molar-refractivity contribution in [3.05, 3.63) is 0 Å². The van der Waals surface area contributed by atoms with E-state index < -0.39 is 0 Å². The fourth-order valence-corrected chi connectivity index (χ4v) is 2.24. The van der Waals surface area contributed by atoms with Crippen molar-refractivity contribution in [2.45, 2.75) is 46.1 Å². The highest BCUT2D eigenvalue weighted by Gasteiger charge is 2.37. The normalized spacial score (nSPS) is 22.4. The van der Waals surface area contributed by atoms with E-state index in [4.69, 9.17) is 5.73 Å². The van der Waals surface area contributed by atoms with Crippen LogP contribution >= 0.6 is 0 Å². The van der Waals surface area contributed by atoms with Crippen LogP contribution in [-0.2, 0) is 4.79 Å². The molecule has 0 unspecified atom stereocenters. The number of hydrogen-bond acceptors (Lipinski definition) is 2. The molecule has 0 aromatic carbocycles. The molecule has 82 valence electrons. The molecule has 1 aliphatic heterocycles. The van der Waals surface area contributed by atoms with Crippen molar-refractivity contribution in [3.8, 4) is 0 Å². The lowest BCUT2D eigenvalue weighted by Gasteiger charge is -2.26. The fraction of sp³-hybridized carbons (Fsp3) is 0.909. The second-order valence-corrected chi connectivity index (χ2v) is 4.51. The van der Waals surface area contributed by atoms with Crippen molar-refractivity contribution in [2.75, 3.05) is 13.1 Å². The first-order chi connectivity index (χ1) is 6.54.